The molecule has 4 nitrogen and oxygen atoms in total. The van der Waals surface area contributed by atoms with Gasteiger partial charge in [0.15, 0.2) is 0 Å². The standard InChI is InChI=1S/C16H21BrN2O2/c1-11(10-13-5-7-14(17)8-6-13)18-16(21)15-4-3-9-19(15)12(2)20/h5-8,11,15H,3-4,9-10H2,1-2H3,(H,18,21)/t11-,15-/m0/s1. The first-order valence-corrected chi connectivity index (χ1v) is 8.08. The summed E-state index contributed by atoms with van der Waals surface area (Å²) in [4.78, 5) is 25.5. The van der Waals surface area contributed by atoms with Crippen LogP contribution >= 0.6 is 15.9 Å². The Kier molecular flexibility index (Phi) is 5.39. The van der Waals surface area contributed by atoms with Crippen LogP contribution in [0.1, 0.15) is 32.3 Å². The van der Waals surface area contributed by atoms with Crippen LogP contribution in [0.3, 0.4) is 0 Å². The van der Waals surface area contributed by atoms with Crippen LogP contribution in [-0.4, -0.2) is 35.3 Å². The van der Waals surface area contributed by atoms with Crippen LogP contribution in [0, 0.1) is 0 Å². The van der Waals surface area contributed by atoms with E-state index < -0.39 is 0 Å². The molecule has 2 atom stereocenters. The topological polar surface area (TPSA) is 49.4 Å². The molecule has 1 aromatic rings. The number of hydrogen-bond donors (Lipinski definition) is 1. The SMILES string of the molecule is CC(=O)N1CCC[C@H]1C(=O)N[C@@H](C)Cc1ccc(Br)cc1. The third kappa shape index (κ3) is 4.30. The quantitative estimate of drug-likeness (QED) is 0.904. The first-order valence-electron chi connectivity index (χ1n) is 7.29. The van der Waals surface area contributed by atoms with E-state index in [1.54, 1.807) is 4.90 Å². The summed E-state index contributed by atoms with van der Waals surface area (Å²) in [6, 6.07) is 7.84. The van der Waals surface area contributed by atoms with Gasteiger partial charge < -0.3 is 10.2 Å². The number of benzene rings is 1. The molecule has 0 unspecified atom stereocenters. The van der Waals surface area contributed by atoms with Crippen LogP contribution < -0.4 is 5.32 Å². The molecular formula is C16H21BrN2O2. The number of halogens is 1. The molecule has 1 saturated heterocycles. The zero-order valence-corrected chi connectivity index (χ0v) is 14.0. The number of carbonyl (C=O) groups is 2. The first kappa shape index (κ1) is 16.0. The van der Waals surface area contributed by atoms with Crippen molar-refractivity contribution in [3.63, 3.8) is 0 Å². The van der Waals surface area contributed by atoms with Crippen LogP contribution in [0.2, 0.25) is 0 Å². The molecule has 0 radical (unpaired) electrons. The highest BCUT2D eigenvalue weighted by Gasteiger charge is 2.32. The maximum absolute atomic E-state index is 12.3. The van der Waals surface area contributed by atoms with Gasteiger partial charge in [-0.2, -0.15) is 0 Å². The van der Waals surface area contributed by atoms with Crippen LogP contribution in [0.25, 0.3) is 0 Å². The largest absolute Gasteiger partial charge is 0.352 e. The third-order valence-corrected chi connectivity index (χ3v) is 4.33. The van der Waals surface area contributed by atoms with E-state index in [2.05, 4.69) is 21.2 Å². The molecule has 21 heavy (non-hydrogen) atoms. The molecule has 2 amide bonds. The molecule has 1 N–H and O–H groups in total. The number of nitrogens with one attached hydrogen (secondary N) is 1. The second-order valence-electron chi connectivity index (χ2n) is 5.61. The second kappa shape index (κ2) is 7.07. The van der Waals surface area contributed by atoms with E-state index in [0.717, 1.165) is 23.7 Å². The van der Waals surface area contributed by atoms with E-state index in [4.69, 9.17) is 0 Å². The molecule has 1 heterocycles. The Morgan fingerprint density at radius 1 is 1.38 bits per heavy atom. The van der Waals surface area contributed by atoms with E-state index in [9.17, 15) is 9.59 Å². The first-order chi connectivity index (χ1) is 9.97. The molecule has 0 saturated carbocycles. The number of amides is 2. The molecule has 1 fully saturated rings. The molecule has 0 bridgehead atoms. The third-order valence-electron chi connectivity index (χ3n) is 3.80. The molecule has 0 aliphatic carbocycles. The number of rotatable bonds is 4. The Morgan fingerprint density at radius 2 is 2.05 bits per heavy atom. The lowest BCUT2D eigenvalue weighted by molar-refractivity contribution is -0.137. The van der Waals surface area contributed by atoms with Crippen molar-refractivity contribution in [3.05, 3.63) is 34.3 Å². The van der Waals surface area contributed by atoms with Gasteiger partial charge in [-0.15, -0.1) is 0 Å². The summed E-state index contributed by atoms with van der Waals surface area (Å²) in [5.41, 5.74) is 1.18. The van der Waals surface area contributed by atoms with Crippen molar-refractivity contribution < 1.29 is 9.59 Å². The molecule has 2 rings (SSSR count). The zero-order valence-electron chi connectivity index (χ0n) is 12.4. The highest BCUT2D eigenvalue weighted by molar-refractivity contribution is 9.10. The maximum Gasteiger partial charge on any atom is 0.243 e. The summed E-state index contributed by atoms with van der Waals surface area (Å²) < 4.78 is 1.05. The van der Waals surface area contributed by atoms with E-state index >= 15 is 0 Å². The van der Waals surface area contributed by atoms with Crippen LogP contribution in [0.4, 0.5) is 0 Å². The summed E-state index contributed by atoms with van der Waals surface area (Å²) >= 11 is 3.41. The van der Waals surface area contributed by atoms with Crippen LogP contribution in [0.5, 0.6) is 0 Å². The second-order valence-corrected chi connectivity index (χ2v) is 6.53. The van der Waals surface area contributed by atoms with Gasteiger partial charge in [0.2, 0.25) is 11.8 Å². The molecule has 1 aliphatic heterocycles. The fraction of sp³-hybridized carbons (Fsp3) is 0.500. The van der Waals surface area contributed by atoms with Gasteiger partial charge in [-0.1, -0.05) is 28.1 Å². The fourth-order valence-electron chi connectivity index (χ4n) is 2.78. The number of carbonyl (C=O) groups excluding carboxylic acids is 2. The molecule has 1 aromatic carbocycles. The van der Waals surface area contributed by atoms with Crippen molar-refractivity contribution in [2.45, 2.75) is 45.2 Å². The summed E-state index contributed by atoms with van der Waals surface area (Å²) in [5, 5.41) is 3.03. The van der Waals surface area contributed by atoms with Crippen molar-refractivity contribution in [1.82, 2.24) is 10.2 Å². The highest BCUT2D eigenvalue weighted by Crippen LogP contribution is 2.18. The maximum atomic E-state index is 12.3. The van der Waals surface area contributed by atoms with Gasteiger partial charge in [0, 0.05) is 24.0 Å². The lowest BCUT2D eigenvalue weighted by atomic mass is 10.1. The number of nitrogens with zero attached hydrogens (tertiary/aromatic N) is 1. The monoisotopic (exact) mass is 352 g/mol. The highest BCUT2D eigenvalue weighted by atomic mass is 79.9. The van der Waals surface area contributed by atoms with Crippen molar-refractivity contribution >= 4 is 27.7 Å². The molecular weight excluding hydrogens is 332 g/mol. The zero-order chi connectivity index (χ0) is 15.4. The van der Waals surface area contributed by atoms with Gasteiger partial charge in [0.25, 0.3) is 0 Å². The molecule has 5 heteroatoms. The Bertz CT molecular complexity index is 516. The Morgan fingerprint density at radius 3 is 2.67 bits per heavy atom. The average molecular weight is 353 g/mol. The molecule has 0 spiro atoms. The normalized spacial score (nSPS) is 19.4. The lowest BCUT2D eigenvalue weighted by Gasteiger charge is -2.24. The van der Waals surface area contributed by atoms with Gasteiger partial charge in [0.05, 0.1) is 0 Å². The smallest absolute Gasteiger partial charge is 0.243 e. The van der Waals surface area contributed by atoms with Gasteiger partial charge >= 0.3 is 0 Å². The summed E-state index contributed by atoms with van der Waals surface area (Å²) in [6.07, 6.45) is 2.45. The minimum Gasteiger partial charge on any atom is -0.352 e. The van der Waals surface area contributed by atoms with Crippen molar-refractivity contribution in [2.24, 2.45) is 0 Å². The number of likely N-dealkylation sites (tertiary alicyclic amines) is 1. The fourth-order valence-corrected chi connectivity index (χ4v) is 3.04. The van der Waals surface area contributed by atoms with Crippen molar-refractivity contribution in [1.29, 1.82) is 0 Å². The van der Waals surface area contributed by atoms with Gasteiger partial charge in [-0.25, -0.2) is 0 Å². The van der Waals surface area contributed by atoms with Crippen LogP contribution in [0.15, 0.2) is 28.7 Å². The van der Waals surface area contributed by atoms with Crippen molar-refractivity contribution in [2.75, 3.05) is 6.54 Å². The van der Waals surface area contributed by atoms with E-state index in [0.29, 0.717) is 6.54 Å². The van der Waals surface area contributed by atoms with Gasteiger partial charge in [-0.05, 0) is 43.9 Å². The van der Waals surface area contributed by atoms with Crippen LogP contribution in [-0.2, 0) is 16.0 Å². The summed E-state index contributed by atoms with van der Waals surface area (Å²) in [7, 11) is 0. The summed E-state index contributed by atoms with van der Waals surface area (Å²) in [6.45, 7) is 4.21. The number of hydrogen-bond acceptors (Lipinski definition) is 2. The lowest BCUT2D eigenvalue weighted by Crippen LogP contribution is -2.48. The molecule has 0 aromatic heterocycles. The van der Waals surface area contributed by atoms with E-state index in [1.807, 2.05) is 31.2 Å². The Labute approximate surface area is 134 Å². The Balaban J connectivity index is 1.90. The average Bonchev–Trinajstić information content (AvgIpc) is 2.91. The Hall–Kier alpha value is -1.36. The van der Waals surface area contributed by atoms with Gasteiger partial charge in [-0.3, -0.25) is 9.59 Å². The van der Waals surface area contributed by atoms with Gasteiger partial charge in [0.1, 0.15) is 6.04 Å². The van der Waals surface area contributed by atoms with Crippen molar-refractivity contribution in [3.8, 4) is 0 Å². The minimum absolute atomic E-state index is 0.0202. The van der Waals surface area contributed by atoms with E-state index in [1.165, 1.54) is 12.5 Å². The predicted octanol–water partition coefficient (Wildman–Crippen LogP) is 2.51. The van der Waals surface area contributed by atoms with E-state index in [-0.39, 0.29) is 23.9 Å². The minimum atomic E-state index is -0.296. The molecule has 1 aliphatic rings. The predicted molar refractivity (Wildman–Crippen MR) is 85.9 cm³/mol. The molecule has 114 valence electrons. The summed E-state index contributed by atoms with van der Waals surface area (Å²) in [5.74, 6) is -0.0551.